The quantitative estimate of drug-likeness (QED) is 0.557. The molecule has 1 aliphatic heterocycles. The third-order valence-corrected chi connectivity index (χ3v) is 2.86. The molecule has 1 saturated heterocycles. The second kappa shape index (κ2) is 6.35. The molecule has 92 valence electrons. The first-order chi connectivity index (χ1) is 7.65. The molecule has 1 rings (SSSR count). The van der Waals surface area contributed by atoms with Crippen LogP contribution >= 0.6 is 0 Å². The van der Waals surface area contributed by atoms with Gasteiger partial charge in [-0.25, -0.2) is 0 Å². The molecule has 0 bridgehead atoms. The molecule has 1 aliphatic rings. The Balaban J connectivity index is 2.44. The van der Waals surface area contributed by atoms with Crippen LogP contribution in [0.1, 0.15) is 32.6 Å². The van der Waals surface area contributed by atoms with Crippen molar-refractivity contribution in [3.63, 3.8) is 0 Å². The number of aliphatic imine (C=N–C) groups is 1. The first-order valence-electron chi connectivity index (χ1n) is 6.04. The number of hydrogen-bond acceptors (Lipinski definition) is 1. The number of nitrogens with one attached hydrogen (secondary N) is 1. The predicted molar refractivity (Wildman–Crippen MR) is 67.7 cm³/mol. The zero-order valence-corrected chi connectivity index (χ0v) is 10.4. The van der Waals surface area contributed by atoms with Crippen molar-refractivity contribution in [2.45, 2.75) is 32.6 Å². The normalized spacial score (nSPS) is 16.6. The van der Waals surface area contributed by atoms with Crippen molar-refractivity contribution in [3.05, 3.63) is 0 Å². The summed E-state index contributed by atoms with van der Waals surface area (Å²) in [5.74, 6) is 0.753. The van der Waals surface area contributed by atoms with E-state index in [4.69, 9.17) is 11.1 Å². The molecule has 1 fully saturated rings. The van der Waals surface area contributed by atoms with E-state index >= 15 is 0 Å². The van der Waals surface area contributed by atoms with Crippen molar-refractivity contribution in [1.29, 1.82) is 5.41 Å². The summed E-state index contributed by atoms with van der Waals surface area (Å²) in [6, 6.07) is 0. The fourth-order valence-electron chi connectivity index (χ4n) is 1.70. The third-order valence-electron chi connectivity index (χ3n) is 2.86. The summed E-state index contributed by atoms with van der Waals surface area (Å²) < 4.78 is 0. The van der Waals surface area contributed by atoms with Crippen LogP contribution in [0.25, 0.3) is 0 Å². The minimum Gasteiger partial charge on any atom is -0.369 e. The number of guanidine groups is 2. The van der Waals surface area contributed by atoms with E-state index in [1.54, 1.807) is 0 Å². The van der Waals surface area contributed by atoms with Gasteiger partial charge >= 0.3 is 0 Å². The lowest BCUT2D eigenvalue weighted by molar-refractivity contribution is 0.474. The first-order valence-corrected chi connectivity index (χ1v) is 6.04. The van der Waals surface area contributed by atoms with Gasteiger partial charge in [0.15, 0.2) is 5.96 Å². The van der Waals surface area contributed by atoms with Crippen molar-refractivity contribution in [3.8, 4) is 0 Å². The molecule has 0 unspecified atom stereocenters. The van der Waals surface area contributed by atoms with Crippen molar-refractivity contribution < 1.29 is 0 Å². The SMILES string of the molecule is CCCCN(C)C(N)=NC(=N)N1CCCC1. The van der Waals surface area contributed by atoms with Gasteiger partial charge in [0.25, 0.3) is 0 Å². The standard InChI is InChI=1S/C11H23N5/c1-3-4-7-15(2)10(12)14-11(13)16-8-5-6-9-16/h3-9H2,1-2H3,(H3,12,13,14). The molecule has 0 spiro atoms. The molecular formula is C11H23N5. The van der Waals surface area contributed by atoms with Gasteiger partial charge in [-0.2, -0.15) is 4.99 Å². The summed E-state index contributed by atoms with van der Waals surface area (Å²) in [6.07, 6.45) is 4.55. The number of unbranched alkanes of at least 4 members (excludes halogenated alkanes) is 1. The number of nitrogens with zero attached hydrogens (tertiary/aromatic N) is 3. The highest BCUT2D eigenvalue weighted by molar-refractivity contribution is 5.92. The average molecular weight is 225 g/mol. The number of nitrogens with two attached hydrogens (primary N) is 1. The summed E-state index contributed by atoms with van der Waals surface area (Å²) in [7, 11) is 1.92. The number of hydrogen-bond donors (Lipinski definition) is 2. The van der Waals surface area contributed by atoms with Crippen molar-refractivity contribution >= 4 is 11.9 Å². The predicted octanol–water partition coefficient (Wildman–Crippen LogP) is 1.06. The van der Waals surface area contributed by atoms with Gasteiger partial charge < -0.3 is 15.5 Å². The van der Waals surface area contributed by atoms with Gasteiger partial charge in [-0.05, 0) is 19.3 Å². The molecular weight excluding hydrogens is 202 g/mol. The lowest BCUT2D eigenvalue weighted by Gasteiger charge is -2.20. The van der Waals surface area contributed by atoms with Crippen LogP contribution in [-0.2, 0) is 0 Å². The van der Waals surface area contributed by atoms with E-state index in [1.165, 1.54) is 0 Å². The van der Waals surface area contributed by atoms with E-state index in [0.29, 0.717) is 11.9 Å². The highest BCUT2D eigenvalue weighted by Gasteiger charge is 2.15. The fourth-order valence-corrected chi connectivity index (χ4v) is 1.70. The minimum atomic E-state index is 0.304. The van der Waals surface area contributed by atoms with Crippen LogP contribution in [0.2, 0.25) is 0 Å². The van der Waals surface area contributed by atoms with Crippen LogP contribution in [0.4, 0.5) is 0 Å². The molecule has 1 heterocycles. The molecule has 5 nitrogen and oxygen atoms in total. The monoisotopic (exact) mass is 225 g/mol. The maximum Gasteiger partial charge on any atom is 0.221 e. The van der Waals surface area contributed by atoms with Gasteiger partial charge in [0, 0.05) is 26.7 Å². The lowest BCUT2D eigenvalue weighted by Crippen LogP contribution is -2.37. The smallest absolute Gasteiger partial charge is 0.221 e. The van der Waals surface area contributed by atoms with E-state index in [1.807, 2.05) is 16.8 Å². The van der Waals surface area contributed by atoms with Crippen LogP contribution in [0.5, 0.6) is 0 Å². The summed E-state index contributed by atoms with van der Waals surface area (Å²) in [5, 5.41) is 7.82. The van der Waals surface area contributed by atoms with Gasteiger partial charge in [-0.15, -0.1) is 0 Å². The maximum atomic E-state index is 7.82. The minimum absolute atomic E-state index is 0.304. The van der Waals surface area contributed by atoms with Crippen molar-refractivity contribution in [2.75, 3.05) is 26.7 Å². The van der Waals surface area contributed by atoms with Gasteiger partial charge in [0.2, 0.25) is 5.96 Å². The molecule has 0 aliphatic carbocycles. The molecule has 0 saturated carbocycles. The molecule has 0 aromatic heterocycles. The van der Waals surface area contributed by atoms with Gasteiger partial charge in [-0.1, -0.05) is 13.3 Å². The van der Waals surface area contributed by atoms with Gasteiger partial charge in [0.05, 0.1) is 0 Å². The van der Waals surface area contributed by atoms with Crippen LogP contribution in [0.3, 0.4) is 0 Å². The topological polar surface area (TPSA) is 68.7 Å². The Morgan fingerprint density at radius 3 is 2.62 bits per heavy atom. The second-order valence-corrected chi connectivity index (χ2v) is 4.26. The third kappa shape index (κ3) is 3.72. The van der Waals surface area contributed by atoms with Crippen LogP contribution in [0.15, 0.2) is 4.99 Å². The van der Waals surface area contributed by atoms with E-state index in [2.05, 4.69) is 11.9 Å². The van der Waals surface area contributed by atoms with E-state index in [0.717, 1.165) is 45.3 Å². The van der Waals surface area contributed by atoms with E-state index < -0.39 is 0 Å². The average Bonchev–Trinajstić information content (AvgIpc) is 2.79. The molecule has 0 amide bonds. The summed E-state index contributed by atoms with van der Waals surface area (Å²) in [5.41, 5.74) is 5.83. The summed E-state index contributed by atoms with van der Waals surface area (Å²) in [6.45, 7) is 4.93. The van der Waals surface area contributed by atoms with E-state index in [-0.39, 0.29) is 0 Å². The Kier molecular flexibility index (Phi) is 5.08. The molecule has 16 heavy (non-hydrogen) atoms. The summed E-state index contributed by atoms with van der Waals surface area (Å²) in [4.78, 5) is 8.02. The zero-order chi connectivity index (χ0) is 12.0. The molecule has 0 radical (unpaired) electrons. The molecule has 0 atom stereocenters. The molecule has 0 aromatic rings. The Morgan fingerprint density at radius 2 is 2.06 bits per heavy atom. The van der Waals surface area contributed by atoms with Crippen molar-refractivity contribution in [1.82, 2.24) is 9.80 Å². The number of rotatable bonds is 3. The largest absolute Gasteiger partial charge is 0.369 e. The lowest BCUT2D eigenvalue weighted by atomic mass is 10.3. The maximum absolute atomic E-state index is 7.82. The highest BCUT2D eigenvalue weighted by atomic mass is 15.3. The van der Waals surface area contributed by atoms with Gasteiger partial charge in [0.1, 0.15) is 0 Å². The Bertz CT molecular complexity index is 255. The van der Waals surface area contributed by atoms with Crippen LogP contribution in [-0.4, -0.2) is 48.4 Å². The van der Waals surface area contributed by atoms with Crippen LogP contribution in [0, 0.1) is 5.41 Å². The molecule has 0 aromatic carbocycles. The van der Waals surface area contributed by atoms with E-state index in [9.17, 15) is 0 Å². The number of likely N-dealkylation sites (tertiary alicyclic amines) is 1. The Hall–Kier alpha value is -1.26. The molecule has 5 heteroatoms. The fraction of sp³-hybridized carbons (Fsp3) is 0.818. The Labute approximate surface area is 97.8 Å². The first kappa shape index (κ1) is 12.8. The van der Waals surface area contributed by atoms with Crippen LogP contribution < -0.4 is 5.73 Å². The van der Waals surface area contributed by atoms with Crippen molar-refractivity contribution in [2.24, 2.45) is 10.7 Å². The van der Waals surface area contributed by atoms with Gasteiger partial charge in [-0.3, -0.25) is 5.41 Å². The summed E-state index contributed by atoms with van der Waals surface area (Å²) >= 11 is 0. The highest BCUT2D eigenvalue weighted by Crippen LogP contribution is 2.08. The zero-order valence-electron chi connectivity index (χ0n) is 10.4. The Morgan fingerprint density at radius 1 is 1.44 bits per heavy atom. The molecule has 3 N–H and O–H groups in total. The second-order valence-electron chi connectivity index (χ2n) is 4.26.